The molecular formula is C17H28O5. The minimum absolute atomic E-state index is 0.292. The summed E-state index contributed by atoms with van der Waals surface area (Å²) in [5.74, 6) is -2.49. The standard InChI is InChI=1S/C17H28O5/c1-3-4-5-6-7-8-9-10-11-12-14(18)21-15-13(2)16(19)22-17(15)20/h13,15H,3-12H2,1-2H3/t13-,15-/m1/s1. The molecule has 1 saturated heterocycles. The molecule has 0 aromatic carbocycles. The second-order valence-electron chi connectivity index (χ2n) is 6.02. The van der Waals surface area contributed by atoms with E-state index < -0.39 is 29.9 Å². The van der Waals surface area contributed by atoms with Gasteiger partial charge < -0.3 is 9.47 Å². The van der Waals surface area contributed by atoms with Crippen LogP contribution in [-0.4, -0.2) is 24.0 Å². The summed E-state index contributed by atoms with van der Waals surface area (Å²) in [5.41, 5.74) is 0. The lowest BCUT2D eigenvalue weighted by Gasteiger charge is -2.10. The summed E-state index contributed by atoms with van der Waals surface area (Å²) in [6.07, 6.45) is 9.78. The third-order valence-electron chi connectivity index (χ3n) is 4.00. The highest BCUT2D eigenvalue weighted by Gasteiger charge is 2.44. The molecule has 1 heterocycles. The molecule has 0 radical (unpaired) electrons. The van der Waals surface area contributed by atoms with E-state index in [2.05, 4.69) is 11.7 Å². The van der Waals surface area contributed by atoms with Crippen molar-refractivity contribution in [3.05, 3.63) is 0 Å². The van der Waals surface area contributed by atoms with Gasteiger partial charge in [-0.3, -0.25) is 9.59 Å². The quantitative estimate of drug-likeness (QED) is 0.331. The molecule has 5 heteroatoms. The highest BCUT2D eigenvalue weighted by atomic mass is 16.6. The highest BCUT2D eigenvalue weighted by molar-refractivity contribution is 5.98. The van der Waals surface area contributed by atoms with Crippen LogP contribution in [0.15, 0.2) is 0 Å². The number of cyclic esters (lactones) is 2. The number of hydrogen-bond acceptors (Lipinski definition) is 5. The number of unbranched alkanes of at least 4 members (excludes halogenated alkanes) is 8. The molecule has 22 heavy (non-hydrogen) atoms. The fraction of sp³-hybridized carbons (Fsp3) is 0.824. The van der Waals surface area contributed by atoms with Crippen LogP contribution in [-0.2, 0) is 23.9 Å². The average Bonchev–Trinajstić information content (AvgIpc) is 2.72. The largest absolute Gasteiger partial charge is 0.449 e. The molecule has 0 unspecified atom stereocenters. The molecule has 0 amide bonds. The van der Waals surface area contributed by atoms with E-state index in [0.29, 0.717) is 6.42 Å². The first kappa shape index (κ1) is 18.7. The van der Waals surface area contributed by atoms with Crippen LogP contribution in [0.3, 0.4) is 0 Å². The van der Waals surface area contributed by atoms with Crippen molar-refractivity contribution >= 4 is 17.9 Å². The van der Waals surface area contributed by atoms with Gasteiger partial charge in [-0.2, -0.15) is 0 Å². The molecule has 0 bridgehead atoms. The third kappa shape index (κ3) is 6.58. The van der Waals surface area contributed by atoms with Gasteiger partial charge in [0.25, 0.3) is 0 Å². The molecule has 1 aliphatic heterocycles. The predicted octanol–water partition coefficient (Wildman–Crippen LogP) is 3.54. The first-order valence-electron chi connectivity index (χ1n) is 8.51. The van der Waals surface area contributed by atoms with E-state index in [1.165, 1.54) is 45.4 Å². The van der Waals surface area contributed by atoms with Gasteiger partial charge in [0, 0.05) is 6.42 Å². The Morgan fingerprint density at radius 1 is 0.955 bits per heavy atom. The first-order chi connectivity index (χ1) is 10.6. The van der Waals surface area contributed by atoms with Crippen molar-refractivity contribution < 1.29 is 23.9 Å². The Morgan fingerprint density at radius 3 is 2.00 bits per heavy atom. The van der Waals surface area contributed by atoms with Gasteiger partial charge in [-0.25, -0.2) is 4.79 Å². The van der Waals surface area contributed by atoms with Crippen LogP contribution in [0.2, 0.25) is 0 Å². The Hall–Kier alpha value is -1.39. The number of ether oxygens (including phenoxy) is 2. The van der Waals surface area contributed by atoms with Crippen LogP contribution in [0.25, 0.3) is 0 Å². The zero-order chi connectivity index (χ0) is 16.4. The molecule has 0 aliphatic carbocycles. The lowest BCUT2D eigenvalue weighted by molar-refractivity contribution is -0.162. The monoisotopic (exact) mass is 312 g/mol. The summed E-state index contributed by atoms with van der Waals surface area (Å²) < 4.78 is 9.47. The lowest BCUT2D eigenvalue weighted by Crippen LogP contribution is -2.28. The molecule has 1 rings (SSSR count). The van der Waals surface area contributed by atoms with Gasteiger partial charge in [0.05, 0.1) is 0 Å². The number of rotatable bonds is 11. The maximum Gasteiger partial charge on any atom is 0.356 e. The summed E-state index contributed by atoms with van der Waals surface area (Å²) in [6, 6.07) is 0. The van der Waals surface area contributed by atoms with Crippen molar-refractivity contribution in [1.29, 1.82) is 0 Å². The molecule has 0 N–H and O–H groups in total. The molecular weight excluding hydrogens is 284 g/mol. The van der Waals surface area contributed by atoms with E-state index in [1.807, 2.05) is 0 Å². The number of carbonyl (C=O) groups excluding carboxylic acids is 3. The maximum absolute atomic E-state index is 11.7. The second-order valence-corrected chi connectivity index (χ2v) is 6.02. The van der Waals surface area contributed by atoms with Gasteiger partial charge in [0.2, 0.25) is 6.10 Å². The molecule has 5 nitrogen and oxygen atoms in total. The van der Waals surface area contributed by atoms with Gasteiger partial charge in [-0.1, -0.05) is 58.3 Å². The molecule has 0 aromatic heterocycles. The fourth-order valence-corrected chi connectivity index (χ4v) is 2.51. The van der Waals surface area contributed by atoms with Crippen molar-refractivity contribution in [1.82, 2.24) is 0 Å². The molecule has 0 spiro atoms. The van der Waals surface area contributed by atoms with Crippen LogP contribution in [0.5, 0.6) is 0 Å². The molecule has 0 aromatic rings. The summed E-state index contributed by atoms with van der Waals surface area (Å²) in [6.45, 7) is 3.74. The van der Waals surface area contributed by atoms with Gasteiger partial charge in [0.15, 0.2) is 0 Å². The normalized spacial score (nSPS) is 21.0. The molecule has 126 valence electrons. The summed E-state index contributed by atoms with van der Waals surface area (Å²) >= 11 is 0. The molecule has 1 aliphatic rings. The Balaban J connectivity index is 2.02. The minimum Gasteiger partial charge on any atom is -0.449 e. The summed E-state index contributed by atoms with van der Waals surface area (Å²) in [7, 11) is 0. The van der Waals surface area contributed by atoms with Crippen molar-refractivity contribution in [2.45, 2.75) is 84.2 Å². The summed E-state index contributed by atoms with van der Waals surface area (Å²) in [5, 5.41) is 0. The van der Waals surface area contributed by atoms with Gasteiger partial charge in [0.1, 0.15) is 5.92 Å². The first-order valence-corrected chi connectivity index (χ1v) is 8.51. The molecule has 1 fully saturated rings. The molecule has 2 atom stereocenters. The third-order valence-corrected chi connectivity index (χ3v) is 4.00. The number of carbonyl (C=O) groups is 3. The average molecular weight is 312 g/mol. The van der Waals surface area contributed by atoms with Crippen LogP contribution < -0.4 is 0 Å². The number of esters is 3. The lowest BCUT2D eigenvalue weighted by atomic mass is 10.1. The fourth-order valence-electron chi connectivity index (χ4n) is 2.51. The van der Waals surface area contributed by atoms with Crippen LogP contribution >= 0.6 is 0 Å². The Morgan fingerprint density at radius 2 is 1.50 bits per heavy atom. The van der Waals surface area contributed by atoms with Crippen molar-refractivity contribution in [2.75, 3.05) is 0 Å². The smallest absolute Gasteiger partial charge is 0.356 e. The van der Waals surface area contributed by atoms with Crippen LogP contribution in [0.4, 0.5) is 0 Å². The van der Waals surface area contributed by atoms with E-state index in [-0.39, 0.29) is 0 Å². The van der Waals surface area contributed by atoms with Crippen LogP contribution in [0, 0.1) is 5.92 Å². The SMILES string of the molecule is CCCCCCCCCCCC(=O)O[C@H]1C(=O)OC(=O)[C@@H]1C. The van der Waals surface area contributed by atoms with Crippen molar-refractivity contribution in [3.8, 4) is 0 Å². The van der Waals surface area contributed by atoms with Crippen LogP contribution in [0.1, 0.15) is 78.1 Å². The topological polar surface area (TPSA) is 69.7 Å². The second kappa shape index (κ2) is 10.4. The zero-order valence-corrected chi connectivity index (χ0v) is 13.8. The van der Waals surface area contributed by atoms with Gasteiger partial charge in [-0.05, 0) is 13.3 Å². The Kier molecular flexibility index (Phi) is 8.78. The van der Waals surface area contributed by atoms with Gasteiger partial charge in [-0.15, -0.1) is 0 Å². The Bertz CT molecular complexity index is 377. The van der Waals surface area contributed by atoms with Crippen molar-refractivity contribution in [2.24, 2.45) is 5.92 Å². The summed E-state index contributed by atoms with van der Waals surface area (Å²) in [4.78, 5) is 34.2. The van der Waals surface area contributed by atoms with E-state index in [4.69, 9.17) is 4.74 Å². The Labute approximate surface area is 132 Å². The zero-order valence-electron chi connectivity index (χ0n) is 13.8. The highest BCUT2D eigenvalue weighted by Crippen LogP contribution is 2.20. The van der Waals surface area contributed by atoms with E-state index in [9.17, 15) is 14.4 Å². The van der Waals surface area contributed by atoms with E-state index >= 15 is 0 Å². The van der Waals surface area contributed by atoms with Crippen molar-refractivity contribution in [3.63, 3.8) is 0 Å². The number of hydrogen-bond donors (Lipinski definition) is 0. The predicted molar refractivity (Wildman–Crippen MR) is 82.0 cm³/mol. The van der Waals surface area contributed by atoms with E-state index in [0.717, 1.165) is 19.3 Å². The van der Waals surface area contributed by atoms with Gasteiger partial charge >= 0.3 is 17.9 Å². The minimum atomic E-state index is -1.06. The molecule has 0 saturated carbocycles. The van der Waals surface area contributed by atoms with E-state index in [1.54, 1.807) is 0 Å². The maximum atomic E-state index is 11.7.